The Kier molecular flexibility index (Phi) is 5.97. The third kappa shape index (κ3) is 4.00. The molecule has 1 rings (SSSR count). The van der Waals surface area contributed by atoms with E-state index in [2.05, 4.69) is 12.2 Å². The van der Waals surface area contributed by atoms with Crippen LogP contribution in [0.15, 0.2) is 24.3 Å². The molecule has 0 fully saturated rings. The van der Waals surface area contributed by atoms with Gasteiger partial charge in [-0.05, 0) is 13.0 Å². The molecule has 4 heteroatoms. The van der Waals surface area contributed by atoms with E-state index >= 15 is 0 Å². The van der Waals surface area contributed by atoms with Gasteiger partial charge in [-0.1, -0.05) is 18.2 Å². The summed E-state index contributed by atoms with van der Waals surface area (Å²) in [5.74, 6) is 0.888. The fourth-order valence-electron chi connectivity index (χ4n) is 1.67. The Balaban J connectivity index is 2.60. The largest absolute Gasteiger partial charge is 0.496 e. The molecule has 0 unspecified atom stereocenters. The molecule has 0 aliphatic carbocycles. The van der Waals surface area contributed by atoms with Crippen molar-refractivity contribution in [3.05, 3.63) is 29.8 Å². The van der Waals surface area contributed by atoms with Crippen LogP contribution in [-0.2, 0) is 9.47 Å². The Morgan fingerprint density at radius 2 is 1.76 bits per heavy atom. The van der Waals surface area contributed by atoms with Crippen LogP contribution in [0, 0.1) is 0 Å². The summed E-state index contributed by atoms with van der Waals surface area (Å²) in [6.07, 6.45) is -0.229. The van der Waals surface area contributed by atoms with Crippen LogP contribution in [0.1, 0.15) is 18.5 Å². The number of para-hydroxylation sites is 1. The van der Waals surface area contributed by atoms with Crippen LogP contribution in [0.3, 0.4) is 0 Å². The number of methoxy groups -OCH3 is 3. The first kappa shape index (κ1) is 14.0. The van der Waals surface area contributed by atoms with Gasteiger partial charge in [-0.3, -0.25) is 0 Å². The summed E-state index contributed by atoms with van der Waals surface area (Å²) in [5, 5.41) is 3.35. The Labute approximate surface area is 103 Å². The van der Waals surface area contributed by atoms with Crippen molar-refractivity contribution in [1.82, 2.24) is 5.32 Å². The van der Waals surface area contributed by atoms with Crippen LogP contribution in [-0.4, -0.2) is 34.2 Å². The maximum atomic E-state index is 5.32. The van der Waals surface area contributed by atoms with Crippen molar-refractivity contribution >= 4 is 0 Å². The minimum absolute atomic E-state index is 0.180. The molecule has 1 aromatic carbocycles. The predicted octanol–water partition coefficient (Wildman–Crippen LogP) is 1.96. The summed E-state index contributed by atoms with van der Waals surface area (Å²) in [4.78, 5) is 0. The second kappa shape index (κ2) is 7.27. The zero-order chi connectivity index (χ0) is 12.7. The van der Waals surface area contributed by atoms with E-state index in [4.69, 9.17) is 14.2 Å². The van der Waals surface area contributed by atoms with E-state index < -0.39 is 0 Å². The van der Waals surface area contributed by atoms with Crippen LogP contribution in [0.4, 0.5) is 0 Å². The highest BCUT2D eigenvalue weighted by atomic mass is 16.7. The molecule has 4 nitrogen and oxygen atoms in total. The highest BCUT2D eigenvalue weighted by Crippen LogP contribution is 2.24. The number of benzene rings is 1. The van der Waals surface area contributed by atoms with Gasteiger partial charge in [-0.15, -0.1) is 0 Å². The van der Waals surface area contributed by atoms with Gasteiger partial charge in [0.1, 0.15) is 5.75 Å². The monoisotopic (exact) mass is 239 g/mol. The standard InChI is InChI=1S/C13H21NO3/c1-10(14-9-13(16-3)17-4)11-7-5-6-8-12(11)15-2/h5-8,10,13-14H,9H2,1-4H3/t10-/m0/s1. The van der Waals surface area contributed by atoms with Gasteiger partial charge in [-0.25, -0.2) is 0 Å². The fourth-order valence-corrected chi connectivity index (χ4v) is 1.67. The Hall–Kier alpha value is -1.10. The Morgan fingerprint density at radius 3 is 2.35 bits per heavy atom. The van der Waals surface area contributed by atoms with Gasteiger partial charge in [0.15, 0.2) is 6.29 Å². The smallest absolute Gasteiger partial charge is 0.169 e. The maximum Gasteiger partial charge on any atom is 0.169 e. The quantitative estimate of drug-likeness (QED) is 0.738. The average molecular weight is 239 g/mol. The van der Waals surface area contributed by atoms with Crippen molar-refractivity contribution in [1.29, 1.82) is 0 Å². The molecule has 0 aliphatic heterocycles. The van der Waals surface area contributed by atoms with Crippen molar-refractivity contribution in [2.45, 2.75) is 19.3 Å². The number of rotatable bonds is 7. The lowest BCUT2D eigenvalue weighted by Gasteiger charge is -2.20. The minimum Gasteiger partial charge on any atom is -0.496 e. The van der Waals surface area contributed by atoms with Gasteiger partial charge in [0.2, 0.25) is 0 Å². The molecule has 0 aromatic heterocycles. The zero-order valence-corrected chi connectivity index (χ0v) is 10.9. The van der Waals surface area contributed by atoms with Gasteiger partial charge in [0, 0.05) is 32.4 Å². The summed E-state index contributed by atoms with van der Waals surface area (Å²) in [5.41, 5.74) is 1.13. The molecule has 0 amide bonds. The van der Waals surface area contributed by atoms with E-state index in [-0.39, 0.29) is 12.3 Å². The van der Waals surface area contributed by atoms with E-state index in [1.165, 1.54) is 0 Å². The third-order valence-corrected chi connectivity index (χ3v) is 2.72. The molecule has 1 aromatic rings. The summed E-state index contributed by atoms with van der Waals surface area (Å²) in [6, 6.07) is 8.14. The Morgan fingerprint density at radius 1 is 1.12 bits per heavy atom. The maximum absolute atomic E-state index is 5.32. The van der Waals surface area contributed by atoms with Crippen LogP contribution >= 0.6 is 0 Å². The first-order chi connectivity index (χ1) is 8.22. The molecular weight excluding hydrogens is 218 g/mol. The lowest BCUT2D eigenvalue weighted by Crippen LogP contribution is -2.31. The van der Waals surface area contributed by atoms with E-state index in [0.29, 0.717) is 6.54 Å². The lowest BCUT2D eigenvalue weighted by molar-refractivity contribution is -0.0997. The third-order valence-electron chi connectivity index (χ3n) is 2.72. The molecular formula is C13H21NO3. The van der Waals surface area contributed by atoms with Crippen molar-refractivity contribution in [2.24, 2.45) is 0 Å². The van der Waals surface area contributed by atoms with Crippen LogP contribution in [0.25, 0.3) is 0 Å². The van der Waals surface area contributed by atoms with Gasteiger partial charge >= 0.3 is 0 Å². The molecule has 0 bridgehead atoms. The van der Waals surface area contributed by atoms with Crippen molar-refractivity contribution in [2.75, 3.05) is 27.9 Å². The summed E-state index contributed by atoms with van der Waals surface area (Å²) in [7, 11) is 4.94. The van der Waals surface area contributed by atoms with E-state index in [0.717, 1.165) is 11.3 Å². The van der Waals surface area contributed by atoms with Gasteiger partial charge < -0.3 is 19.5 Å². The number of nitrogens with one attached hydrogen (secondary N) is 1. The van der Waals surface area contributed by atoms with Gasteiger partial charge in [0.25, 0.3) is 0 Å². The lowest BCUT2D eigenvalue weighted by atomic mass is 10.1. The number of hydrogen-bond donors (Lipinski definition) is 1. The fraction of sp³-hybridized carbons (Fsp3) is 0.538. The van der Waals surface area contributed by atoms with E-state index in [9.17, 15) is 0 Å². The molecule has 0 heterocycles. The Bertz CT molecular complexity index is 326. The SMILES string of the molecule is COc1ccccc1[C@H](C)NCC(OC)OC. The van der Waals surface area contributed by atoms with E-state index in [1.54, 1.807) is 21.3 Å². The van der Waals surface area contributed by atoms with Gasteiger partial charge in [-0.2, -0.15) is 0 Å². The summed E-state index contributed by atoms with van der Waals surface area (Å²) >= 11 is 0. The molecule has 0 saturated heterocycles. The highest BCUT2D eigenvalue weighted by molar-refractivity contribution is 5.35. The molecule has 96 valence electrons. The zero-order valence-electron chi connectivity index (χ0n) is 10.9. The molecule has 0 spiro atoms. The molecule has 1 N–H and O–H groups in total. The highest BCUT2D eigenvalue weighted by Gasteiger charge is 2.12. The minimum atomic E-state index is -0.229. The molecule has 17 heavy (non-hydrogen) atoms. The second-order valence-corrected chi connectivity index (χ2v) is 3.77. The summed E-state index contributed by atoms with van der Waals surface area (Å²) < 4.78 is 15.6. The first-order valence-electron chi connectivity index (χ1n) is 5.64. The van der Waals surface area contributed by atoms with Crippen LogP contribution in [0.2, 0.25) is 0 Å². The molecule has 0 saturated carbocycles. The molecule has 0 radical (unpaired) electrons. The van der Waals surface area contributed by atoms with Crippen molar-refractivity contribution < 1.29 is 14.2 Å². The number of ether oxygens (including phenoxy) is 3. The van der Waals surface area contributed by atoms with E-state index in [1.807, 2.05) is 24.3 Å². The average Bonchev–Trinajstić information content (AvgIpc) is 2.39. The molecule has 1 atom stereocenters. The van der Waals surface area contributed by atoms with Gasteiger partial charge in [0.05, 0.1) is 7.11 Å². The van der Waals surface area contributed by atoms with Crippen LogP contribution in [0.5, 0.6) is 5.75 Å². The normalized spacial score (nSPS) is 12.8. The molecule has 0 aliphatic rings. The predicted molar refractivity (Wildman–Crippen MR) is 67.2 cm³/mol. The van der Waals surface area contributed by atoms with Crippen molar-refractivity contribution in [3.8, 4) is 5.75 Å². The topological polar surface area (TPSA) is 39.7 Å². The summed E-state index contributed by atoms with van der Waals surface area (Å²) in [6.45, 7) is 2.71. The first-order valence-corrected chi connectivity index (χ1v) is 5.64. The second-order valence-electron chi connectivity index (χ2n) is 3.77. The van der Waals surface area contributed by atoms with Crippen molar-refractivity contribution in [3.63, 3.8) is 0 Å². The van der Waals surface area contributed by atoms with Crippen LogP contribution < -0.4 is 10.1 Å². The number of hydrogen-bond acceptors (Lipinski definition) is 4.